The minimum Gasteiger partial charge on any atom is -0.377 e. The zero-order valence-corrected chi connectivity index (χ0v) is 11.0. The van der Waals surface area contributed by atoms with Crippen molar-refractivity contribution in [3.8, 4) is 0 Å². The summed E-state index contributed by atoms with van der Waals surface area (Å²) in [6.07, 6.45) is 6.92. The van der Waals surface area contributed by atoms with Gasteiger partial charge in [-0.3, -0.25) is 0 Å². The predicted molar refractivity (Wildman–Crippen MR) is 68.6 cm³/mol. The number of hydrogen-bond acceptors (Lipinski definition) is 3. The lowest BCUT2D eigenvalue weighted by Crippen LogP contribution is -2.37. The second kappa shape index (κ2) is 8.04. The summed E-state index contributed by atoms with van der Waals surface area (Å²) >= 11 is 0. The third-order valence-corrected chi connectivity index (χ3v) is 3.65. The van der Waals surface area contributed by atoms with Crippen molar-refractivity contribution in [3.05, 3.63) is 0 Å². The maximum atomic E-state index is 5.70. The Balaban J connectivity index is 2.26. The van der Waals surface area contributed by atoms with E-state index in [1.54, 1.807) is 0 Å². The van der Waals surface area contributed by atoms with Crippen molar-refractivity contribution >= 4 is 0 Å². The average Bonchev–Trinajstić information content (AvgIpc) is 2.82. The summed E-state index contributed by atoms with van der Waals surface area (Å²) in [4.78, 5) is 2.61. The van der Waals surface area contributed by atoms with Gasteiger partial charge in [0, 0.05) is 25.7 Å². The molecule has 96 valence electrons. The van der Waals surface area contributed by atoms with E-state index in [9.17, 15) is 0 Å². The standard InChI is InChI=1S/C13H28N2O/c1-3-15(12-7-5-6-8-12)10-9-13(11-14)16-4-2/h12-13H,3-11,14H2,1-2H3. The molecule has 3 heteroatoms. The fourth-order valence-electron chi connectivity index (χ4n) is 2.68. The number of nitrogens with zero attached hydrogens (tertiary/aromatic N) is 1. The molecule has 16 heavy (non-hydrogen) atoms. The summed E-state index contributed by atoms with van der Waals surface area (Å²) in [6, 6.07) is 0.824. The second-order valence-corrected chi connectivity index (χ2v) is 4.67. The molecule has 1 aliphatic rings. The summed E-state index contributed by atoms with van der Waals surface area (Å²) in [7, 11) is 0. The van der Waals surface area contributed by atoms with Gasteiger partial charge in [0.25, 0.3) is 0 Å². The Kier molecular flexibility index (Phi) is 7.01. The highest BCUT2D eigenvalue weighted by molar-refractivity contribution is 4.77. The first-order chi connectivity index (χ1) is 7.81. The van der Waals surface area contributed by atoms with Crippen LogP contribution in [0.25, 0.3) is 0 Å². The summed E-state index contributed by atoms with van der Waals surface area (Å²) < 4.78 is 5.60. The summed E-state index contributed by atoms with van der Waals surface area (Å²) in [5.41, 5.74) is 5.70. The molecule has 0 aliphatic heterocycles. The van der Waals surface area contributed by atoms with Gasteiger partial charge < -0.3 is 15.4 Å². The van der Waals surface area contributed by atoms with Gasteiger partial charge in [0.15, 0.2) is 0 Å². The summed E-state index contributed by atoms with van der Waals surface area (Å²) in [6.45, 7) is 8.03. The average molecular weight is 228 g/mol. The SMILES string of the molecule is CCOC(CN)CCN(CC)C1CCCC1. The van der Waals surface area contributed by atoms with Crippen LogP contribution in [0.4, 0.5) is 0 Å². The topological polar surface area (TPSA) is 38.5 Å². The molecule has 1 atom stereocenters. The molecule has 2 N–H and O–H groups in total. The van der Waals surface area contributed by atoms with Crippen LogP contribution >= 0.6 is 0 Å². The lowest BCUT2D eigenvalue weighted by atomic mass is 10.1. The van der Waals surface area contributed by atoms with Crippen molar-refractivity contribution in [2.75, 3.05) is 26.2 Å². The molecule has 0 aromatic heterocycles. The zero-order valence-electron chi connectivity index (χ0n) is 11.0. The fourth-order valence-corrected chi connectivity index (χ4v) is 2.68. The molecule has 0 heterocycles. The van der Waals surface area contributed by atoms with Crippen LogP contribution in [-0.4, -0.2) is 43.3 Å². The molecule has 3 nitrogen and oxygen atoms in total. The van der Waals surface area contributed by atoms with Gasteiger partial charge in [-0.05, 0) is 32.7 Å². The van der Waals surface area contributed by atoms with Gasteiger partial charge in [0.2, 0.25) is 0 Å². The Morgan fingerprint density at radius 2 is 2.00 bits per heavy atom. The molecule has 0 amide bonds. The number of ether oxygens (including phenoxy) is 1. The quantitative estimate of drug-likeness (QED) is 0.690. The van der Waals surface area contributed by atoms with E-state index in [-0.39, 0.29) is 6.10 Å². The molecule has 1 aliphatic carbocycles. The first kappa shape index (κ1) is 13.9. The van der Waals surface area contributed by atoms with E-state index in [1.807, 2.05) is 6.92 Å². The van der Waals surface area contributed by atoms with Crippen LogP contribution in [0, 0.1) is 0 Å². The van der Waals surface area contributed by atoms with Crippen LogP contribution in [0.15, 0.2) is 0 Å². The van der Waals surface area contributed by atoms with Crippen LogP contribution in [0.3, 0.4) is 0 Å². The monoisotopic (exact) mass is 228 g/mol. The normalized spacial score (nSPS) is 19.5. The lowest BCUT2D eigenvalue weighted by molar-refractivity contribution is 0.0505. The van der Waals surface area contributed by atoms with Crippen molar-refractivity contribution in [2.24, 2.45) is 5.73 Å². The van der Waals surface area contributed by atoms with Gasteiger partial charge in [-0.1, -0.05) is 19.8 Å². The number of nitrogens with two attached hydrogens (primary N) is 1. The first-order valence-corrected chi connectivity index (χ1v) is 6.87. The lowest BCUT2D eigenvalue weighted by Gasteiger charge is -2.28. The van der Waals surface area contributed by atoms with Crippen LogP contribution in [-0.2, 0) is 4.74 Å². The van der Waals surface area contributed by atoms with Crippen LogP contribution in [0.2, 0.25) is 0 Å². The van der Waals surface area contributed by atoms with E-state index in [0.717, 1.165) is 32.2 Å². The van der Waals surface area contributed by atoms with Crippen LogP contribution in [0.1, 0.15) is 46.0 Å². The van der Waals surface area contributed by atoms with E-state index >= 15 is 0 Å². The van der Waals surface area contributed by atoms with Crippen LogP contribution in [0.5, 0.6) is 0 Å². The van der Waals surface area contributed by atoms with Gasteiger partial charge in [0.1, 0.15) is 0 Å². The van der Waals surface area contributed by atoms with Crippen molar-refractivity contribution in [1.82, 2.24) is 4.90 Å². The highest BCUT2D eigenvalue weighted by Gasteiger charge is 2.21. The molecule has 1 fully saturated rings. The van der Waals surface area contributed by atoms with E-state index in [2.05, 4.69) is 11.8 Å². The van der Waals surface area contributed by atoms with Gasteiger partial charge >= 0.3 is 0 Å². The van der Waals surface area contributed by atoms with E-state index in [1.165, 1.54) is 25.7 Å². The Morgan fingerprint density at radius 3 is 2.50 bits per heavy atom. The molecule has 0 bridgehead atoms. The molecule has 1 saturated carbocycles. The molecular formula is C13H28N2O. The Bertz CT molecular complexity index is 169. The highest BCUT2D eigenvalue weighted by Crippen LogP contribution is 2.23. The predicted octanol–water partition coefficient (Wildman–Crippen LogP) is 2.00. The minimum absolute atomic E-state index is 0.250. The Morgan fingerprint density at radius 1 is 1.31 bits per heavy atom. The molecule has 0 aromatic carbocycles. The van der Waals surface area contributed by atoms with Crippen LogP contribution < -0.4 is 5.73 Å². The maximum absolute atomic E-state index is 5.70. The summed E-state index contributed by atoms with van der Waals surface area (Å²) in [5.74, 6) is 0. The largest absolute Gasteiger partial charge is 0.377 e. The fraction of sp³-hybridized carbons (Fsp3) is 1.00. The van der Waals surface area contributed by atoms with Gasteiger partial charge in [-0.2, -0.15) is 0 Å². The van der Waals surface area contributed by atoms with Gasteiger partial charge in [-0.15, -0.1) is 0 Å². The third-order valence-electron chi connectivity index (χ3n) is 3.65. The van der Waals surface area contributed by atoms with Crippen molar-refractivity contribution in [1.29, 1.82) is 0 Å². The summed E-state index contributed by atoms with van der Waals surface area (Å²) in [5, 5.41) is 0. The second-order valence-electron chi connectivity index (χ2n) is 4.67. The van der Waals surface area contributed by atoms with E-state index in [0.29, 0.717) is 6.54 Å². The number of hydrogen-bond donors (Lipinski definition) is 1. The molecule has 1 rings (SSSR count). The molecule has 0 radical (unpaired) electrons. The maximum Gasteiger partial charge on any atom is 0.0709 e. The Labute approximate surface area is 100 Å². The van der Waals surface area contributed by atoms with Crippen molar-refractivity contribution < 1.29 is 4.74 Å². The van der Waals surface area contributed by atoms with E-state index < -0.39 is 0 Å². The molecule has 0 spiro atoms. The Hall–Kier alpha value is -0.120. The molecular weight excluding hydrogens is 200 g/mol. The van der Waals surface area contributed by atoms with E-state index in [4.69, 9.17) is 10.5 Å². The highest BCUT2D eigenvalue weighted by atomic mass is 16.5. The van der Waals surface area contributed by atoms with Crippen molar-refractivity contribution in [3.63, 3.8) is 0 Å². The van der Waals surface area contributed by atoms with Crippen molar-refractivity contribution in [2.45, 2.75) is 58.1 Å². The number of rotatable bonds is 8. The zero-order chi connectivity index (χ0) is 11.8. The minimum atomic E-state index is 0.250. The molecule has 1 unspecified atom stereocenters. The van der Waals surface area contributed by atoms with Gasteiger partial charge in [0.05, 0.1) is 6.10 Å². The molecule has 0 saturated heterocycles. The smallest absolute Gasteiger partial charge is 0.0709 e. The first-order valence-electron chi connectivity index (χ1n) is 6.87. The van der Waals surface area contributed by atoms with Gasteiger partial charge in [-0.25, -0.2) is 0 Å². The third kappa shape index (κ3) is 4.40. The molecule has 0 aromatic rings.